The molecule has 0 fully saturated rings. The molecule has 20 heavy (non-hydrogen) atoms. The second-order valence-corrected chi connectivity index (χ2v) is 4.41. The molecule has 0 atom stereocenters. The maximum absolute atomic E-state index is 9.20. The van der Waals surface area contributed by atoms with Crippen LogP contribution in [0.5, 0.6) is 0 Å². The summed E-state index contributed by atoms with van der Waals surface area (Å²) in [7, 11) is 0. The third-order valence-corrected chi connectivity index (χ3v) is 3.11. The summed E-state index contributed by atoms with van der Waals surface area (Å²) in [5, 5.41) is 29.1. The predicted molar refractivity (Wildman–Crippen MR) is 74.7 cm³/mol. The number of nitrogens with one attached hydrogen (secondary N) is 1. The fraction of sp³-hybridized carbons (Fsp3) is 0.200. The van der Waals surface area contributed by atoms with Crippen LogP contribution < -0.4 is 5.32 Å². The minimum absolute atomic E-state index is 0.486. The Labute approximate surface area is 117 Å². The van der Waals surface area contributed by atoms with E-state index in [1.807, 2.05) is 26.0 Å². The molecule has 0 radical (unpaired) electrons. The van der Waals surface area contributed by atoms with Crippen molar-refractivity contribution in [3.8, 4) is 12.1 Å². The second-order valence-electron chi connectivity index (χ2n) is 4.41. The summed E-state index contributed by atoms with van der Waals surface area (Å²) < 4.78 is 0. The lowest BCUT2D eigenvalue weighted by molar-refractivity contribution is 0.940. The van der Waals surface area contributed by atoms with E-state index in [4.69, 9.17) is 5.26 Å². The minimum atomic E-state index is 0.486. The Morgan fingerprint density at radius 3 is 2.35 bits per heavy atom. The molecule has 0 saturated heterocycles. The molecular formula is C15H13N5. The fourth-order valence-corrected chi connectivity index (χ4v) is 1.75. The highest BCUT2D eigenvalue weighted by atomic mass is 15.2. The maximum atomic E-state index is 9.20. The van der Waals surface area contributed by atoms with Crippen molar-refractivity contribution < 1.29 is 0 Å². The zero-order valence-electron chi connectivity index (χ0n) is 11.3. The van der Waals surface area contributed by atoms with E-state index < -0.39 is 0 Å². The third kappa shape index (κ3) is 2.73. The van der Waals surface area contributed by atoms with E-state index in [1.54, 1.807) is 12.1 Å². The van der Waals surface area contributed by atoms with Crippen LogP contribution in [0.1, 0.15) is 27.9 Å². The predicted octanol–water partition coefficient (Wildman–Crippen LogP) is 2.45. The van der Waals surface area contributed by atoms with Crippen LogP contribution in [0.15, 0.2) is 24.3 Å². The van der Waals surface area contributed by atoms with E-state index in [1.165, 1.54) is 0 Å². The summed E-state index contributed by atoms with van der Waals surface area (Å²) in [6.45, 7) is 4.21. The summed E-state index contributed by atoms with van der Waals surface area (Å²) in [5.41, 5.74) is 3.74. The monoisotopic (exact) mass is 263 g/mol. The molecule has 5 heteroatoms. The van der Waals surface area contributed by atoms with E-state index in [0.29, 0.717) is 23.5 Å². The zero-order chi connectivity index (χ0) is 14.5. The SMILES string of the molecule is Cc1nnc(NCc2ccc(C#N)cc2)c(C#N)c1C. The second kappa shape index (κ2) is 5.81. The van der Waals surface area contributed by atoms with Crippen LogP contribution in [-0.4, -0.2) is 10.2 Å². The molecule has 1 aromatic heterocycles. The topological polar surface area (TPSA) is 85.4 Å². The van der Waals surface area contributed by atoms with Gasteiger partial charge in [-0.15, -0.1) is 5.10 Å². The van der Waals surface area contributed by atoms with Crippen LogP contribution >= 0.6 is 0 Å². The first-order chi connectivity index (χ1) is 9.65. The normalized spacial score (nSPS) is 9.60. The highest BCUT2D eigenvalue weighted by Gasteiger charge is 2.10. The number of nitrogens with zero attached hydrogens (tertiary/aromatic N) is 4. The van der Waals surface area contributed by atoms with Crippen molar-refractivity contribution in [2.75, 3.05) is 5.32 Å². The molecule has 2 rings (SSSR count). The summed E-state index contributed by atoms with van der Waals surface area (Å²) in [6, 6.07) is 11.5. The molecule has 1 N–H and O–H groups in total. The van der Waals surface area contributed by atoms with Crippen molar-refractivity contribution in [2.45, 2.75) is 20.4 Å². The van der Waals surface area contributed by atoms with E-state index in [2.05, 4.69) is 27.7 Å². The standard InChI is InChI=1S/C15H13N5/c1-10-11(2)19-20-15(14(10)8-17)18-9-13-5-3-12(7-16)4-6-13/h3-6H,9H2,1-2H3,(H,18,20). The highest BCUT2D eigenvalue weighted by molar-refractivity contribution is 5.56. The molecule has 0 saturated carbocycles. The lowest BCUT2D eigenvalue weighted by Crippen LogP contribution is -2.07. The Hall–Kier alpha value is -2.92. The first-order valence-corrected chi connectivity index (χ1v) is 6.12. The van der Waals surface area contributed by atoms with Crippen LogP contribution in [0.3, 0.4) is 0 Å². The average molecular weight is 263 g/mol. The molecule has 5 nitrogen and oxygen atoms in total. The van der Waals surface area contributed by atoms with Gasteiger partial charge in [0.05, 0.1) is 17.3 Å². The van der Waals surface area contributed by atoms with Gasteiger partial charge in [-0.25, -0.2) is 0 Å². The van der Waals surface area contributed by atoms with Crippen LogP contribution in [0.2, 0.25) is 0 Å². The van der Waals surface area contributed by atoms with Gasteiger partial charge in [0, 0.05) is 6.54 Å². The van der Waals surface area contributed by atoms with E-state index in [9.17, 15) is 5.26 Å². The molecule has 0 unspecified atom stereocenters. The van der Waals surface area contributed by atoms with Crippen molar-refractivity contribution in [2.24, 2.45) is 0 Å². The Bertz CT molecular complexity index is 705. The summed E-state index contributed by atoms with van der Waals surface area (Å²) in [6.07, 6.45) is 0. The van der Waals surface area contributed by atoms with Crippen LogP contribution in [0, 0.1) is 36.5 Å². The largest absolute Gasteiger partial charge is 0.363 e. The number of aromatic nitrogens is 2. The zero-order valence-corrected chi connectivity index (χ0v) is 11.3. The average Bonchev–Trinajstić information content (AvgIpc) is 2.49. The van der Waals surface area contributed by atoms with Gasteiger partial charge in [-0.2, -0.15) is 15.6 Å². The molecule has 0 aliphatic rings. The van der Waals surface area contributed by atoms with E-state index >= 15 is 0 Å². The number of aryl methyl sites for hydroxylation is 1. The minimum Gasteiger partial charge on any atom is -0.363 e. The molecule has 98 valence electrons. The van der Waals surface area contributed by atoms with E-state index in [-0.39, 0.29) is 0 Å². The van der Waals surface area contributed by atoms with Gasteiger partial charge in [-0.05, 0) is 37.1 Å². The van der Waals surface area contributed by atoms with Crippen molar-refractivity contribution in [3.05, 3.63) is 52.2 Å². The van der Waals surface area contributed by atoms with Crippen LogP contribution in [0.25, 0.3) is 0 Å². The maximum Gasteiger partial charge on any atom is 0.167 e. The Kier molecular flexibility index (Phi) is 3.93. The summed E-state index contributed by atoms with van der Waals surface area (Å²) in [5.74, 6) is 0.486. The number of nitriles is 2. The molecular weight excluding hydrogens is 250 g/mol. The molecule has 1 heterocycles. The number of hydrogen-bond donors (Lipinski definition) is 1. The lowest BCUT2D eigenvalue weighted by Gasteiger charge is -2.09. The Morgan fingerprint density at radius 1 is 1.05 bits per heavy atom. The van der Waals surface area contributed by atoms with Gasteiger partial charge >= 0.3 is 0 Å². The molecule has 1 aromatic carbocycles. The molecule has 2 aromatic rings. The van der Waals surface area contributed by atoms with Crippen LogP contribution in [-0.2, 0) is 6.54 Å². The van der Waals surface area contributed by atoms with Crippen molar-refractivity contribution in [1.82, 2.24) is 10.2 Å². The smallest absolute Gasteiger partial charge is 0.167 e. The summed E-state index contributed by atoms with van der Waals surface area (Å²) in [4.78, 5) is 0. The van der Waals surface area contributed by atoms with Gasteiger partial charge in [0.2, 0.25) is 0 Å². The Morgan fingerprint density at radius 2 is 1.75 bits per heavy atom. The quantitative estimate of drug-likeness (QED) is 0.919. The van der Waals surface area contributed by atoms with Gasteiger partial charge in [-0.3, -0.25) is 0 Å². The third-order valence-electron chi connectivity index (χ3n) is 3.11. The first kappa shape index (κ1) is 13.5. The van der Waals surface area contributed by atoms with E-state index in [0.717, 1.165) is 16.8 Å². The van der Waals surface area contributed by atoms with Gasteiger partial charge in [0.15, 0.2) is 5.82 Å². The van der Waals surface area contributed by atoms with Gasteiger partial charge in [0.25, 0.3) is 0 Å². The molecule has 0 aliphatic carbocycles. The number of anilines is 1. The van der Waals surface area contributed by atoms with Crippen LogP contribution in [0.4, 0.5) is 5.82 Å². The van der Waals surface area contributed by atoms with Crippen molar-refractivity contribution in [3.63, 3.8) is 0 Å². The molecule has 0 amide bonds. The number of hydrogen-bond acceptors (Lipinski definition) is 5. The lowest BCUT2D eigenvalue weighted by atomic mass is 10.1. The van der Waals surface area contributed by atoms with Gasteiger partial charge in [-0.1, -0.05) is 12.1 Å². The number of rotatable bonds is 3. The Balaban J connectivity index is 2.17. The van der Waals surface area contributed by atoms with Crippen molar-refractivity contribution >= 4 is 5.82 Å². The molecule has 0 spiro atoms. The number of benzene rings is 1. The first-order valence-electron chi connectivity index (χ1n) is 6.12. The molecule has 0 aliphatic heterocycles. The fourth-order valence-electron chi connectivity index (χ4n) is 1.75. The highest BCUT2D eigenvalue weighted by Crippen LogP contribution is 2.17. The van der Waals surface area contributed by atoms with Gasteiger partial charge in [0.1, 0.15) is 11.6 Å². The van der Waals surface area contributed by atoms with Crippen molar-refractivity contribution in [1.29, 1.82) is 10.5 Å². The summed E-state index contributed by atoms with van der Waals surface area (Å²) >= 11 is 0. The molecule has 0 bridgehead atoms. The van der Waals surface area contributed by atoms with Gasteiger partial charge < -0.3 is 5.32 Å².